The van der Waals surface area contributed by atoms with Crippen molar-refractivity contribution in [1.29, 1.82) is 0 Å². The number of carboxylic acid groups (broad SMARTS) is 1. The van der Waals surface area contributed by atoms with Gasteiger partial charge in [0.25, 0.3) is 0 Å². The van der Waals surface area contributed by atoms with Crippen molar-refractivity contribution in [3.8, 4) is 0 Å². The van der Waals surface area contributed by atoms with E-state index in [2.05, 4.69) is 0 Å². The molecule has 0 atom stereocenters. The van der Waals surface area contributed by atoms with Crippen LogP contribution < -0.4 is 0 Å². The third kappa shape index (κ3) is 1.78. The maximum absolute atomic E-state index is 12.2. The van der Waals surface area contributed by atoms with E-state index in [4.69, 9.17) is 5.11 Å². The number of amides is 1. The van der Waals surface area contributed by atoms with Crippen LogP contribution in [0.1, 0.15) is 24.0 Å². The van der Waals surface area contributed by atoms with Gasteiger partial charge in [-0.05, 0) is 24.0 Å². The molecule has 1 fully saturated rings. The van der Waals surface area contributed by atoms with Crippen LogP contribution in [-0.4, -0.2) is 21.9 Å². The lowest BCUT2D eigenvalue weighted by Gasteiger charge is -2.33. The van der Waals surface area contributed by atoms with Crippen molar-refractivity contribution in [3.63, 3.8) is 0 Å². The number of carbonyl (C=O) groups is 2. The summed E-state index contributed by atoms with van der Waals surface area (Å²) < 4.78 is 0. The molecule has 3 rings (SSSR count). The second-order valence-electron chi connectivity index (χ2n) is 5.17. The fourth-order valence-electron chi connectivity index (χ4n) is 2.77. The molecule has 0 bridgehead atoms. The molecule has 1 heterocycles. The molecule has 1 aliphatic carbocycles. The van der Waals surface area contributed by atoms with E-state index in [1.165, 1.54) is 11.1 Å². The van der Waals surface area contributed by atoms with Gasteiger partial charge < -0.3 is 10.0 Å². The van der Waals surface area contributed by atoms with E-state index >= 15 is 0 Å². The van der Waals surface area contributed by atoms with E-state index in [0.29, 0.717) is 25.9 Å². The number of carboxylic acids is 1. The minimum absolute atomic E-state index is 0.0830. The van der Waals surface area contributed by atoms with Crippen LogP contribution in [0.5, 0.6) is 0 Å². The van der Waals surface area contributed by atoms with E-state index in [1.54, 1.807) is 0 Å². The fraction of sp³-hybridized carbons (Fsp3) is 0.429. The molecule has 0 aromatic heterocycles. The highest BCUT2D eigenvalue weighted by atomic mass is 16.4. The second kappa shape index (κ2) is 4.12. The molecule has 0 saturated heterocycles. The molecule has 4 heteroatoms. The van der Waals surface area contributed by atoms with Crippen LogP contribution in [0.4, 0.5) is 0 Å². The minimum atomic E-state index is -0.774. The van der Waals surface area contributed by atoms with Crippen molar-refractivity contribution in [1.82, 2.24) is 4.90 Å². The Morgan fingerprint density at radius 3 is 2.11 bits per heavy atom. The zero-order chi connectivity index (χ0) is 12.7. The molecule has 0 unspecified atom stereocenters. The number of benzene rings is 1. The summed E-state index contributed by atoms with van der Waals surface area (Å²) in [5, 5.41) is 8.82. The van der Waals surface area contributed by atoms with Gasteiger partial charge in [-0.2, -0.15) is 0 Å². The molecule has 2 aliphatic rings. The molecular weight excluding hydrogens is 230 g/mol. The summed E-state index contributed by atoms with van der Waals surface area (Å²) in [4.78, 5) is 24.8. The van der Waals surface area contributed by atoms with E-state index in [-0.39, 0.29) is 17.7 Å². The number of nitrogens with zero attached hydrogens (tertiary/aromatic N) is 1. The van der Waals surface area contributed by atoms with E-state index in [0.717, 1.165) is 0 Å². The van der Waals surface area contributed by atoms with Crippen LogP contribution in [0.3, 0.4) is 0 Å². The Morgan fingerprint density at radius 1 is 1.06 bits per heavy atom. The van der Waals surface area contributed by atoms with E-state index in [1.807, 2.05) is 29.2 Å². The lowest BCUT2D eigenvalue weighted by atomic mass is 9.74. The first-order chi connectivity index (χ1) is 8.65. The number of hydrogen-bond donors (Lipinski definition) is 1. The number of fused-ring (bicyclic) bond motifs is 1. The van der Waals surface area contributed by atoms with Crippen LogP contribution in [0.15, 0.2) is 24.3 Å². The first kappa shape index (κ1) is 11.3. The summed E-state index contributed by atoms with van der Waals surface area (Å²) in [6.07, 6.45) is 1.00. The zero-order valence-electron chi connectivity index (χ0n) is 10.0. The summed E-state index contributed by atoms with van der Waals surface area (Å²) in [7, 11) is 0. The van der Waals surface area contributed by atoms with Crippen molar-refractivity contribution in [2.45, 2.75) is 25.9 Å². The Labute approximate surface area is 105 Å². The normalized spacial score (nSPS) is 25.4. The number of hydrogen-bond acceptors (Lipinski definition) is 2. The van der Waals surface area contributed by atoms with Crippen molar-refractivity contribution in [3.05, 3.63) is 35.4 Å². The highest BCUT2D eigenvalue weighted by Gasteiger charge is 2.41. The number of carbonyl (C=O) groups excluding carboxylic acids is 1. The quantitative estimate of drug-likeness (QED) is 0.861. The molecule has 4 nitrogen and oxygen atoms in total. The molecular formula is C14H15NO3. The first-order valence-electron chi connectivity index (χ1n) is 6.23. The molecule has 1 amide bonds. The Morgan fingerprint density at radius 2 is 1.61 bits per heavy atom. The van der Waals surface area contributed by atoms with Crippen LogP contribution in [0, 0.1) is 11.8 Å². The van der Waals surface area contributed by atoms with Crippen molar-refractivity contribution >= 4 is 11.9 Å². The van der Waals surface area contributed by atoms with Crippen molar-refractivity contribution in [2.75, 3.05) is 0 Å². The summed E-state index contributed by atoms with van der Waals surface area (Å²) in [6, 6.07) is 8.06. The van der Waals surface area contributed by atoms with Gasteiger partial charge in [0.05, 0.1) is 5.92 Å². The fourth-order valence-corrected chi connectivity index (χ4v) is 2.77. The van der Waals surface area contributed by atoms with Gasteiger partial charge in [0, 0.05) is 19.0 Å². The van der Waals surface area contributed by atoms with Gasteiger partial charge in [0.15, 0.2) is 0 Å². The first-order valence-corrected chi connectivity index (χ1v) is 6.23. The maximum Gasteiger partial charge on any atom is 0.306 e. The average Bonchev–Trinajstić information content (AvgIpc) is 2.69. The van der Waals surface area contributed by atoms with Gasteiger partial charge >= 0.3 is 5.97 Å². The highest BCUT2D eigenvalue weighted by molar-refractivity contribution is 5.83. The largest absolute Gasteiger partial charge is 0.481 e. The molecule has 1 N–H and O–H groups in total. The van der Waals surface area contributed by atoms with Crippen LogP contribution in [0.25, 0.3) is 0 Å². The summed E-state index contributed by atoms with van der Waals surface area (Å²) >= 11 is 0. The van der Waals surface area contributed by atoms with Gasteiger partial charge in [-0.15, -0.1) is 0 Å². The second-order valence-corrected chi connectivity index (χ2v) is 5.17. The number of rotatable bonds is 2. The van der Waals surface area contributed by atoms with Crippen LogP contribution >= 0.6 is 0 Å². The third-order valence-electron chi connectivity index (χ3n) is 3.99. The topological polar surface area (TPSA) is 57.6 Å². The van der Waals surface area contributed by atoms with Gasteiger partial charge in [0.1, 0.15) is 0 Å². The SMILES string of the molecule is O=C(O)C1CC(C(=O)N2Cc3ccccc3C2)C1. The Hall–Kier alpha value is -1.84. The molecule has 1 saturated carbocycles. The molecule has 18 heavy (non-hydrogen) atoms. The Balaban J connectivity index is 1.62. The lowest BCUT2D eigenvalue weighted by Crippen LogP contribution is -2.41. The lowest BCUT2D eigenvalue weighted by molar-refractivity contribution is -0.151. The zero-order valence-corrected chi connectivity index (χ0v) is 10.0. The highest BCUT2D eigenvalue weighted by Crippen LogP contribution is 2.37. The monoisotopic (exact) mass is 245 g/mol. The Bertz CT molecular complexity index is 481. The summed E-state index contributed by atoms with van der Waals surface area (Å²) in [5.41, 5.74) is 2.42. The van der Waals surface area contributed by atoms with E-state index < -0.39 is 5.97 Å². The van der Waals surface area contributed by atoms with E-state index in [9.17, 15) is 9.59 Å². The summed E-state index contributed by atoms with van der Waals surface area (Å²) in [6.45, 7) is 1.34. The molecule has 1 aromatic carbocycles. The third-order valence-corrected chi connectivity index (χ3v) is 3.99. The van der Waals surface area contributed by atoms with Crippen molar-refractivity contribution < 1.29 is 14.7 Å². The van der Waals surface area contributed by atoms with Gasteiger partial charge in [-0.1, -0.05) is 24.3 Å². The average molecular weight is 245 g/mol. The van der Waals surface area contributed by atoms with Crippen LogP contribution in [-0.2, 0) is 22.7 Å². The summed E-state index contributed by atoms with van der Waals surface area (Å²) in [5.74, 6) is -1.06. The van der Waals surface area contributed by atoms with Crippen molar-refractivity contribution in [2.24, 2.45) is 11.8 Å². The Kier molecular flexibility index (Phi) is 2.58. The molecule has 94 valence electrons. The minimum Gasteiger partial charge on any atom is -0.481 e. The molecule has 1 aliphatic heterocycles. The molecule has 1 aromatic rings. The smallest absolute Gasteiger partial charge is 0.306 e. The standard InChI is InChI=1S/C14H15NO3/c16-13(11-5-12(6-11)14(17)18)15-7-9-3-1-2-4-10(9)8-15/h1-4,11-12H,5-8H2,(H,17,18). The molecule has 0 spiro atoms. The van der Waals surface area contributed by atoms with Gasteiger partial charge in [0.2, 0.25) is 5.91 Å². The maximum atomic E-state index is 12.2. The van der Waals surface area contributed by atoms with Crippen LogP contribution in [0.2, 0.25) is 0 Å². The van der Waals surface area contributed by atoms with Gasteiger partial charge in [-0.3, -0.25) is 9.59 Å². The molecule has 0 radical (unpaired) electrons. The van der Waals surface area contributed by atoms with Gasteiger partial charge in [-0.25, -0.2) is 0 Å². The predicted molar refractivity (Wildman–Crippen MR) is 64.5 cm³/mol. The number of aliphatic carboxylic acids is 1. The predicted octanol–water partition coefficient (Wildman–Crippen LogP) is 1.64.